The van der Waals surface area contributed by atoms with Crippen LogP contribution in [0.5, 0.6) is 0 Å². The van der Waals surface area contributed by atoms with Crippen molar-refractivity contribution in [3.05, 3.63) is 0 Å². The topological polar surface area (TPSA) is 74.2 Å². The van der Waals surface area contributed by atoms with Crippen molar-refractivity contribution in [1.82, 2.24) is 0 Å². The molecule has 2 rings (SSSR count). The molecular weight excluding hydrogens is 312 g/mol. The van der Waals surface area contributed by atoms with Gasteiger partial charge in [0.2, 0.25) is 0 Å². The monoisotopic (exact) mass is 344 g/mol. The lowest BCUT2D eigenvalue weighted by Gasteiger charge is -2.43. The zero-order chi connectivity index (χ0) is 17.6. The van der Waals surface area contributed by atoms with Crippen molar-refractivity contribution in [2.45, 2.75) is 96.6 Å². The molecule has 6 nitrogen and oxygen atoms in total. The van der Waals surface area contributed by atoms with Crippen LogP contribution in [0.3, 0.4) is 0 Å². The van der Waals surface area contributed by atoms with E-state index in [1.54, 1.807) is 0 Å². The maximum atomic E-state index is 11.4. The minimum Gasteiger partial charge on any atom is -0.477 e. The third-order valence-electron chi connectivity index (χ3n) is 5.02. The molecule has 24 heavy (non-hydrogen) atoms. The molecule has 0 saturated carbocycles. The molecule has 2 aliphatic heterocycles. The van der Waals surface area contributed by atoms with Gasteiger partial charge in [-0.15, -0.1) is 0 Å². The first-order chi connectivity index (χ1) is 11.4. The molecule has 4 atom stereocenters. The van der Waals surface area contributed by atoms with Gasteiger partial charge in [-0.2, -0.15) is 9.78 Å². The highest BCUT2D eigenvalue weighted by Crippen LogP contribution is 2.38. The molecule has 2 heterocycles. The van der Waals surface area contributed by atoms with Gasteiger partial charge in [0.1, 0.15) is 0 Å². The predicted molar refractivity (Wildman–Crippen MR) is 87.8 cm³/mol. The first kappa shape index (κ1) is 19.6. The van der Waals surface area contributed by atoms with Gasteiger partial charge in [-0.25, -0.2) is 14.6 Å². The van der Waals surface area contributed by atoms with Gasteiger partial charge < -0.3 is 5.11 Å². The van der Waals surface area contributed by atoms with Gasteiger partial charge in [-0.3, -0.25) is 0 Å². The molecule has 2 saturated heterocycles. The lowest BCUT2D eigenvalue weighted by atomic mass is 9.93. The Morgan fingerprint density at radius 1 is 1.08 bits per heavy atom. The zero-order valence-corrected chi connectivity index (χ0v) is 15.2. The first-order valence-electron chi connectivity index (χ1n) is 9.36. The van der Waals surface area contributed by atoms with Gasteiger partial charge in [0.15, 0.2) is 6.10 Å². The largest absolute Gasteiger partial charge is 0.477 e. The Bertz CT molecular complexity index is 399. The van der Waals surface area contributed by atoms with E-state index in [0.717, 1.165) is 31.6 Å². The Labute approximate surface area is 144 Å². The number of fused-ring (bicyclic) bond motifs is 1. The van der Waals surface area contributed by atoms with Crippen LogP contribution in [0.4, 0.5) is 0 Å². The standard InChI is InChI=1S/C18H32O6/c1-13(2)7-4-5-8-14(3)11-12-15-9-6-10-16-18(17(19)20,23-21-15)24-22-16/h13-16H,4-12H2,1-3H3,(H,19,20). The van der Waals surface area contributed by atoms with E-state index in [4.69, 9.17) is 19.6 Å². The second kappa shape index (κ2) is 9.13. The molecule has 4 unspecified atom stereocenters. The average molecular weight is 344 g/mol. The highest BCUT2D eigenvalue weighted by Gasteiger charge is 2.62. The molecule has 0 aromatic heterocycles. The highest BCUT2D eigenvalue weighted by molar-refractivity contribution is 5.77. The predicted octanol–water partition coefficient (Wildman–Crippen LogP) is 4.23. The summed E-state index contributed by atoms with van der Waals surface area (Å²) in [4.78, 5) is 31.5. The van der Waals surface area contributed by atoms with Crippen molar-refractivity contribution in [1.29, 1.82) is 0 Å². The van der Waals surface area contributed by atoms with Crippen LogP contribution < -0.4 is 0 Å². The fourth-order valence-corrected chi connectivity index (χ4v) is 3.29. The normalized spacial score (nSPS) is 31.7. The van der Waals surface area contributed by atoms with E-state index in [1.807, 2.05) is 0 Å². The molecule has 0 aromatic rings. The minimum absolute atomic E-state index is 0.0792. The molecule has 2 fully saturated rings. The molecule has 0 radical (unpaired) electrons. The van der Waals surface area contributed by atoms with Gasteiger partial charge >= 0.3 is 11.8 Å². The second-order valence-corrected chi connectivity index (χ2v) is 7.73. The summed E-state index contributed by atoms with van der Waals surface area (Å²) in [5.74, 6) is -1.54. The van der Waals surface area contributed by atoms with Crippen LogP contribution in [0.25, 0.3) is 0 Å². The summed E-state index contributed by atoms with van der Waals surface area (Å²) in [7, 11) is 0. The average Bonchev–Trinajstić information content (AvgIpc) is 2.49. The Kier molecular flexibility index (Phi) is 7.47. The number of hydrogen-bond acceptors (Lipinski definition) is 5. The molecular formula is C18H32O6. The van der Waals surface area contributed by atoms with Gasteiger partial charge in [0.25, 0.3) is 0 Å². The van der Waals surface area contributed by atoms with E-state index in [0.29, 0.717) is 12.3 Å². The Morgan fingerprint density at radius 2 is 1.79 bits per heavy atom. The summed E-state index contributed by atoms with van der Waals surface area (Å²) in [5.41, 5.74) is 0. The summed E-state index contributed by atoms with van der Waals surface area (Å²) < 4.78 is 0. The van der Waals surface area contributed by atoms with Crippen LogP contribution in [0.15, 0.2) is 0 Å². The van der Waals surface area contributed by atoms with Crippen LogP contribution in [-0.2, 0) is 24.3 Å². The maximum absolute atomic E-state index is 11.4. The maximum Gasteiger partial charge on any atom is 0.373 e. The Balaban J connectivity index is 1.68. The van der Waals surface area contributed by atoms with E-state index in [-0.39, 0.29) is 6.10 Å². The van der Waals surface area contributed by atoms with Crippen LogP contribution in [-0.4, -0.2) is 29.1 Å². The van der Waals surface area contributed by atoms with Crippen LogP contribution >= 0.6 is 0 Å². The van der Waals surface area contributed by atoms with Gasteiger partial charge in [0.05, 0.1) is 6.10 Å². The lowest BCUT2D eigenvalue weighted by molar-refractivity contribution is -0.614. The highest BCUT2D eigenvalue weighted by atomic mass is 17.4. The van der Waals surface area contributed by atoms with Crippen molar-refractivity contribution < 1.29 is 29.5 Å². The van der Waals surface area contributed by atoms with E-state index < -0.39 is 17.9 Å². The number of rotatable bonds is 9. The molecule has 0 spiro atoms. The van der Waals surface area contributed by atoms with Crippen molar-refractivity contribution in [3.63, 3.8) is 0 Å². The molecule has 6 heteroatoms. The Hall–Kier alpha value is -0.690. The molecule has 0 amide bonds. The molecule has 0 aliphatic carbocycles. The molecule has 0 aromatic carbocycles. The fourth-order valence-electron chi connectivity index (χ4n) is 3.29. The summed E-state index contributed by atoms with van der Waals surface area (Å²) in [6, 6.07) is 0. The quantitative estimate of drug-likeness (QED) is 0.498. The molecule has 2 aliphatic rings. The van der Waals surface area contributed by atoms with E-state index >= 15 is 0 Å². The molecule has 1 N–H and O–H groups in total. The van der Waals surface area contributed by atoms with Crippen molar-refractivity contribution >= 4 is 5.97 Å². The summed E-state index contributed by atoms with van der Waals surface area (Å²) in [6.45, 7) is 6.80. The van der Waals surface area contributed by atoms with Crippen molar-refractivity contribution in [2.24, 2.45) is 11.8 Å². The molecule has 0 bridgehead atoms. The number of carboxylic acids is 1. The number of carboxylic acid groups (broad SMARTS) is 1. The number of unbranched alkanes of at least 4 members (excludes halogenated alkanes) is 1. The zero-order valence-electron chi connectivity index (χ0n) is 15.2. The van der Waals surface area contributed by atoms with Crippen LogP contribution in [0.1, 0.15) is 78.6 Å². The summed E-state index contributed by atoms with van der Waals surface area (Å²) in [5, 5.41) is 9.29. The SMILES string of the molecule is CC(C)CCCCC(C)CCC1CCCC2OOC2(C(=O)O)OO1. The molecule has 140 valence electrons. The third kappa shape index (κ3) is 5.15. The first-order valence-corrected chi connectivity index (χ1v) is 9.36. The van der Waals surface area contributed by atoms with Gasteiger partial charge in [-0.05, 0) is 43.9 Å². The van der Waals surface area contributed by atoms with E-state index in [2.05, 4.69) is 20.8 Å². The smallest absolute Gasteiger partial charge is 0.373 e. The summed E-state index contributed by atoms with van der Waals surface area (Å²) in [6.07, 6.45) is 8.70. The van der Waals surface area contributed by atoms with E-state index in [1.165, 1.54) is 25.7 Å². The van der Waals surface area contributed by atoms with Gasteiger partial charge in [0, 0.05) is 0 Å². The van der Waals surface area contributed by atoms with E-state index in [9.17, 15) is 9.90 Å². The lowest BCUT2D eigenvalue weighted by Crippen LogP contribution is -2.64. The Morgan fingerprint density at radius 3 is 2.42 bits per heavy atom. The number of carbonyl (C=O) groups is 1. The number of hydrogen-bond donors (Lipinski definition) is 1. The third-order valence-corrected chi connectivity index (χ3v) is 5.02. The minimum atomic E-state index is -1.78. The fraction of sp³-hybridized carbons (Fsp3) is 0.944. The van der Waals surface area contributed by atoms with Crippen LogP contribution in [0.2, 0.25) is 0 Å². The van der Waals surface area contributed by atoms with Crippen molar-refractivity contribution in [2.75, 3.05) is 0 Å². The van der Waals surface area contributed by atoms with Crippen molar-refractivity contribution in [3.8, 4) is 0 Å². The summed E-state index contributed by atoms with van der Waals surface area (Å²) >= 11 is 0. The van der Waals surface area contributed by atoms with Gasteiger partial charge in [-0.1, -0.05) is 46.5 Å². The second-order valence-electron chi connectivity index (χ2n) is 7.73. The number of aliphatic carboxylic acids is 1. The van der Waals surface area contributed by atoms with Crippen LogP contribution in [0, 0.1) is 11.8 Å².